The molecule has 1 N–H and O–H groups in total. The van der Waals surface area contributed by atoms with Crippen molar-refractivity contribution < 1.29 is 14.3 Å². The zero-order valence-electron chi connectivity index (χ0n) is 14.9. The fraction of sp³-hybridized carbons (Fsp3) is 0.579. The Hall–Kier alpha value is -1.92. The van der Waals surface area contributed by atoms with Gasteiger partial charge in [-0.1, -0.05) is 6.07 Å². The Balaban J connectivity index is 1.57. The second-order valence-electron chi connectivity index (χ2n) is 6.79. The van der Waals surface area contributed by atoms with Gasteiger partial charge in [0.15, 0.2) is 0 Å². The molecule has 1 aromatic carbocycles. The Labute approximate surface area is 149 Å². The van der Waals surface area contributed by atoms with Gasteiger partial charge in [-0.2, -0.15) is 0 Å². The molecule has 6 heteroatoms. The molecule has 0 bridgehead atoms. The molecule has 136 valence electrons. The SMILES string of the molecule is CC(=O)Nc1cccc(C(=O)N2CCC(N3CCCOCC3)CC2)c1. The number of hydrogen-bond acceptors (Lipinski definition) is 4. The van der Waals surface area contributed by atoms with Crippen molar-refractivity contribution in [2.75, 3.05) is 44.7 Å². The first-order chi connectivity index (χ1) is 12.1. The molecule has 2 saturated heterocycles. The van der Waals surface area contributed by atoms with Gasteiger partial charge >= 0.3 is 0 Å². The van der Waals surface area contributed by atoms with Crippen LogP contribution in [-0.2, 0) is 9.53 Å². The predicted octanol–water partition coefficient (Wildman–Crippen LogP) is 1.97. The number of hydrogen-bond donors (Lipinski definition) is 1. The van der Waals surface area contributed by atoms with E-state index >= 15 is 0 Å². The van der Waals surface area contributed by atoms with Crippen LogP contribution in [0.25, 0.3) is 0 Å². The number of carbonyl (C=O) groups excluding carboxylic acids is 2. The molecule has 3 rings (SSSR count). The average Bonchev–Trinajstić information content (AvgIpc) is 2.90. The Morgan fingerprint density at radius 3 is 2.68 bits per heavy atom. The monoisotopic (exact) mass is 345 g/mol. The molecule has 25 heavy (non-hydrogen) atoms. The van der Waals surface area contributed by atoms with Crippen molar-refractivity contribution in [2.24, 2.45) is 0 Å². The summed E-state index contributed by atoms with van der Waals surface area (Å²) < 4.78 is 5.54. The first-order valence-electron chi connectivity index (χ1n) is 9.12. The summed E-state index contributed by atoms with van der Waals surface area (Å²) in [7, 11) is 0. The third kappa shape index (κ3) is 4.80. The summed E-state index contributed by atoms with van der Waals surface area (Å²) >= 11 is 0. The van der Waals surface area contributed by atoms with Gasteiger partial charge in [0.1, 0.15) is 0 Å². The topological polar surface area (TPSA) is 61.9 Å². The molecule has 0 saturated carbocycles. The number of nitrogens with zero attached hydrogens (tertiary/aromatic N) is 2. The quantitative estimate of drug-likeness (QED) is 0.910. The Bertz CT molecular complexity index is 604. The molecule has 0 atom stereocenters. The molecule has 1 aromatic rings. The van der Waals surface area contributed by atoms with Crippen LogP contribution >= 0.6 is 0 Å². The van der Waals surface area contributed by atoms with Crippen molar-refractivity contribution in [2.45, 2.75) is 32.2 Å². The molecular weight excluding hydrogens is 318 g/mol. The maximum Gasteiger partial charge on any atom is 0.253 e. The Morgan fingerprint density at radius 2 is 1.92 bits per heavy atom. The molecule has 6 nitrogen and oxygen atoms in total. The van der Waals surface area contributed by atoms with E-state index in [-0.39, 0.29) is 11.8 Å². The average molecular weight is 345 g/mol. The van der Waals surface area contributed by atoms with Crippen LogP contribution in [0.3, 0.4) is 0 Å². The highest BCUT2D eigenvalue weighted by atomic mass is 16.5. The molecule has 0 aromatic heterocycles. The van der Waals surface area contributed by atoms with Gasteiger partial charge in [0, 0.05) is 57.0 Å². The van der Waals surface area contributed by atoms with Gasteiger partial charge in [-0.25, -0.2) is 0 Å². The van der Waals surface area contributed by atoms with E-state index in [0.29, 0.717) is 17.3 Å². The van der Waals surface area contributed by atoms with E-state index in [1.165, 1.54) is 6.92 Å². The summed E-state index contributed by atoms with van der Waals surface area (Å²) in [5, 5.41) is 2.73. The molecule has 0 aliphatic carbocycles. The smallest absolute Gasteiger partial charge is 0.253 e. The van der Waals surface area contributed by atoms with E-state index in [0.717, 1.165) is 58.7 Å². The molecule has 2 heterocycles. The van der Waals surface area contributed by atoms with Crippen molar-refractivity contribution in [1.82, 2.24) is 9.80 Å². The lowest BCUT2D eigenvalue weighted by Gasteiger charge is -2.38. The van der Waals surface area contributed by atoms with Gasteiger partial charge in [-0.3, -0.25) is 14.5 Å². The number of nitrogens with one attached hydrogen (secondary N) is 1. The molecule has 0 spiro atoms. The largest absolute Gasteiger partial charge is 0.380 e. The lowest BCUT2D eigenvalue weighted by molar-refractivity contribution is -0.114. The summed E-state index contributed by atoms with van der Waals surface area (Å²) in [6.45, 7) is 6.80. The molecule has 0 unspecified atom stereocenters. The molecule has 2 aliphatic heterocycles. The molecule has 2 aliphatic rings. The third-order valence-electron chi connectivity index (χ3n) is 4.95. The zero-order chi connectivity index (χ0) is 17.6. The van der Waals surface area contributed by atoms with Crippen molar-refractivity contribution in [3.63, 3.8) is 0 Å². The second-order valence-corrected chi connectivity index (χ2v) is 6.79. The standard InChI is InChI=1S/C19H27N3O3/c1-15(23)20-17-5-2-4-16(14-17)19(24)22-9-6-18(7-10-22)21-8-3-12-25-13-11-21/h2,4-5,14,18H,3,6-13H2,1H3,(H,20,23). The summed E-state index contributed by atoms with van der Waals surface area (Å²) in [5.41, 5.74) is 1.30. The Kier molecular flexibility index (Phi) is 6.04. The molecule has 2 fully saturated rings. The minimum atomic E-state index is -0.133. The van der Waals surface area contributed by atoms with E-state index in [2.05, 4.69) is 10.2 Å². The first-order valence-corrected chi connectivity index (χ1v) is 9.12. The van der Waals surface area contributed by atoms with Gasteiger partial charge in [0.05, 0.1) is 6.61 Å². The van der Waals surface area contributed by atoms with Crippen LogP contribution in [-0.4, -0.2) is 67.0 Å². The van der Waals surface area contributed by atoms with Crippen molar-refractivity contribution in [1.29, 1.82) is 0 Å². The van der Waals surface area contributed by atoms with Crippen LogP contribution < -0.4 is 5.32 Å². The van der Waals surface area contributed by atoms with Crippen molar-refractivity contribution in [3.8, 4) is 0 Å². The van der Waals surface area contributed by atoms with Gasteiger partial charge in [-0.15, -0.1) is 0 Å². The highest BCUT2D eigenvalue weighted by Gasteiger charge is 2.27. The summed E-state index contributed by atoms with van der Waals surface area (Å²) in [4.78, 5) is 28.4. The fourth-order valence-electron chi connectivity index (χ4n) is 3.68. The van der Waals surface area contributed by atoms with Crippen LogP contribution in [0, 0.1) is 0 Å². The molecular formula is C19H27N3O3. The summed E-state index contributed by atoms with van der Waals surface area (Å²) in [6, 6.07) is 7.72. The van der Waals surface area contributed by atoms with Crippen LogP contribution in [0.1, 0.15) is 36.5 Å². The van der Waals surface area contributed by atoms with Crippen molar-refractivity contribution >= 4 is 17.5 Å². The first kappa shape index (κ1) is 17.9. The van der Waals surface area contributed by atoms with Gasteiger partial charge < -0.3 is 15.0 Å². The van der Waals surface area contributed by atoms with Crippen LogP contribution in [0.2, 0.25) is 0 Å². The molecule has 0 radical (unpaired) electrons. The van der Waals surface area contributed by atoms with E-state index in [9.17, 15) is 9.59 Å². The number of rotatable bonds is 3. The van der Waals surface area contributed by atoms with Gasteiger partial charge in [0.2, 0.25) is 5.91 Å². The van der Waals surface area contributed by atoms with Crippen LogP contribution in [0.4, 0.5) is 5.69 Å². The maximum atomic E-state index is 12.8. The fourth-order valence-corrected chi connectivity index (χ4v) is 3.68. The summed E-state index contributed by atoms with van der Waals surface area (Å²) in [6.07, 6.45) is 3.11. The maximum absolute atomic E-state index is 12.8. The lowest BCUT2D eigenvalue weighted by Crippen LogP contribution is -2.47. The summed E-state index contributed by atoms with van der Waals surface area (Å²) in [5.74, 6) is -0.0864. The minimum absolute atomic E-state index is 0.0462. The van der Waals surface area contributed by atoms with E-state index in [4.69, 9.17) is 4.74 Å². The predicted molar refractivity (Wildman–Crippen MR) is 96.7 cm³/mol. The number of ether oxygens (including phenoxy) is 1. The van der Waals surface area contributed by atoms with E-state index in [1.54, 1.807) is 12.1 Å². The van der Waals surface area contributed by atoms with Crippen LogP contribution in [0.15, 0.2) is 24.3 Å². The Morgan fingerprint density at radius 1 is 1.12 bits per heavy atom. The van der Waals surface area contributed by atoms with E-state index < -0.39 is 0 Å². The highest BCUT2D eigenvalue weighted by molar-refractivity contribution is 5.96. The number of amides is 2. The number of carbonyl (C=O) groups is 2. The normalized spacial score (nSPS) is 20.1. The minimum Gasteiger partial charge on any atom is -0.380 e. The van der Waals surface area contributed by atoms with Crippen molar-refractivity contribution in [3.05, 3.63) is 29.8 Å². The number of anilines is 1. The zero-order valence-corrected chi connectivity index (χ0v) is 14.9. The highest BCUT2D eigenvalue weighted by Crippen LogP contribution is 2.20. The van der Waals surface area contributed by atoms with Gasteiger partial charge in [0.25, 0.3) is 5.91 Å². The number of likely N-dealkylation sites (tertiary alicyclic amines) is 1. The molecule has 2 amide bonds. The lowest BCUT2D eigenvalue weighted by atomic mass is 10.0. The number of piperidine rings is 1. The number of benzene rings is 1. The van der Waals surface area contributed by atoms with E-state index in [1.807, 2.05) is 17.0 Å². The second kappa shape index (κ2) is 8.45. The van der Waals surface area contributed by atoms with Gasteiger partial charge in [-0.05, 0) is 37.5 Å². The third-order valence-corrected chi connectivity index (χ3v) is 4.95. The van der Waals surface area contributed by atoms with Crippen LogP contribution in [0.5, 0.6) is 0 Å².